The fourth-order valence-electron chi connectivity index (χ4n) is 1.68. The summed E-state index contributed by atoms with van der Waals surface area (Å²) < 4.78 is 0. The highest BCUT2D eigenvalue weighted by atomic mass is 32.1. The number of amides is 3. The van der Waals surface area contributed by atoms with Crippen molar-refractivity contribution in [2.75, 3.05) is 18.8 Å². The molecule has 0 saturated carbocycles. The summed E-state index contributed by atoms with van der Waals surface area (Å²) >= 11 is 3.81. The number of carbonyl (C=O) groups excluding carboxylic acids is 3. The summed E-state index contributed by atoms with van der Waals surface area (Å²) in [5.41, 5.74) is 5.20. The summed E-state index contributed by atoms with van der Waals surface area (Å²) in [5, 5.41) is 15.9. The molecule has 6 N–H and O–H groups in total. The van der Waals surface area contributed by atoms with Crippen LogP contribution in [0.5, 0.6) is 0 Å². The zero-order chi connectivity index (χ0) is 18.0. The Kier molecular flexibility index (Phi) is 9.99. The first-order chi connectivity index (χ1) is 10.7. The Hall–Kier alpha value is -1.81. The van der Waals surface area contributed by atoms with Crippen LogP contribution in [0.1, 0.15) is 20.3 Å². The van der Waals surface area contributed by atoms with E-state index in [2.05, 4.69) is 28.6 Å². The normalized spacial score (nSPS) is 13.1. The number of nitrogens with one attached hydrogen (secondary N) is 3. The Bertz CT molecular complexity index is 444. The Morgan fingerprint density at radius 1 is 1.09 bits per heavy atom. The quantitative estimate of drug-likeness (QED) is 0.254. The van der Waals surface area contributed by atoms with Crippen LogP contribution in [0.15, 0.2) is 0 Å². The van der Waals surface area contributed by atoms with Gasteiger partial charge in [0, 0.05) is 5.75 Å². The first kappa shape index (κ1) is 21.2. The summed E-state index contributed by atoms with van der Waals surface area (Å²) in [6.07, 6.45) is 0.383. The molecule has 2 unspecified atom stereocenters. The molecule has 0 aromatic rings. The summed E-state index contributed by atoms with van der Waals surface area (Å²) in [4.78, 5) is 45.8. The van der Waals surface area contributed by atoms with Gasteiger partial charge in [0.2, 0.25) is 17.7 Å². The highest BCUT2D eigenvalue weighted by molar-refractivity contribution is 7.80. The van der Waals surface area contributed by atoms with Gasteiger partial charge in [0.1, 0.15) is 12.1 Å². The van der Waals surface area contributed by atoms with Crippen molar-refractivity contribution in [1.29, 1.82) is 0 Å². The van der Waals surface area contributed by atoms with E-state index in [-0.39, 0.29) is 18.2 Å². The molecule has 0 aromatic heterocycles. The Labute approximate surface area is 140 Å². The fourth-order valence-corrected chi connectivity index (χ4v) is 1.93. The molecule has 0 aliphatic carbocycles. The van der Waals surface area contributed by atoms with Crippen LogP contribution in [0.2, 0.25) is 0 Å². The van der Waals surface area contributed by atoms with E-state index in [1.54, 1.807) is 0 Å². The predicted octanol–water partition coefficient (Wildman–Crippen LogP) is -1.91. The standard InChI is InChI=1S/C13H24N4O5S/c1-7(2)3-8(16-10(18)4-14)12(20)15-5-11(19)17-9(6-23)13(21)22/h7-9,23H,3-6,14H2,1-2H3,(H,15,20)(H,16,18)(H,17,19)(H,21,22). The average Bonchev–Trinajstić information content (AvgIpc) is 2.48. The largest absolute Gasteiger partial charge is 0.480 e. The molecule has 0 aromatic carbocycles. The molecule has 3 amide bonds. The number of hydrogen-bond donors (Lipinski definition) is 6. The van der Waals surface area contributed by atoms with Crippen molar-refractivity contribution < 1.29 is 24.3 Å². The van der Waals surface area contributed by atoms with E-state index in [1.165, 1.54) is 0 Å². The summed E-state index contributed by atoms with van der Waals surface area (Å²) in [6, 6.07) is -1.94. The second-order valence-corrected chi connectivity index (χ2v) is 5.68. The molecule has 132 valence electrons. The Balaban J connectivity index is 4.52. The van der Waals surface area contributed by atoms with Crippen molar-refractivity contribution >= 4 is 36.3 Å². The molecule has 0 aliphatic rings. The Morgan fingerprint density at radius 3 is 2.09 bits per heavy atom. The van der Waals surface area contributed by atoms with Crippen LogP contribution in [0, 0.1) is 5.92 Å². The van der Waals surface area contributed by atoms with Crippen LogP contribution in [0.25, 0.3) is 0 Å². The van der Waals surface area contributed by atoms with E-state index in [9.17, 15) is 19.2 Å². The maximum absolute atomic E-state index is 12.0. The van der Waals surface area contributed by atoms with Crippen molar-refractivity contribution in [1.82, 2.24) is 16.0 Å². The van der Waals surface area contributed by atoms with Crippen molar-refractivity contribution in [3.8, 4) is 0 Å². The van der Waals surface area contributed by atoms with Crippen LogP contribution >= 0.6 is 12.6 Å². The minimum absolute atomic E-state index is 0.0719. The smallest absolute Gasteiger partial charge is 0.327 e. The van der Waals surface area contributed by atoms with Gasteiger partial charge in [-0.05, 0) is 12.3 Å². The monoisotopic (exact) mass is 348 g/mol. The predicted molar refractivity (Wildman–Crippen MR) is 86.9 cm³/mol. The maximum atomic E-state index is 12.0. The Morgan fingerprint density at radius 2 is 1.65 bits per heavy atom. The highest BCUT2D eigenvalue weighted by Gasteiger charge is 2.23. The molecule has 23 heavy (non-hydrogen) atoms. The zero-order valence-electron chi connectivity index (χ0n) is 13.2. The second-order valence-electron chi connectivity index (χ2n) is 5.31. The number of carboxylic acids is 1. The van der Waals surface area contributed by atoms with Gasteiger partial charge >= 0.3 is 5.97 Å². The van der Waals surface area contributed by atoms with Crippen LogP contribution in [0.3, 0.4) is 0 Å². The van der Waals surface area contributed by atoms with Crippen LogP contribution < -0.4 is 21.7 Å². The van der Waals surface area contributed by atoms with Gasteiger partial charge in [-0.1, -0.05) is 13.8 Å². The van der Waals surface area contributed by atoms with E-state index < -0.39 is 42.3 Å². The van der Waals surface area contributed by atoms with Crippen molar-refractivity contribution in [2.45, 2.75) is 32.4 Å². The van der Waals surface area contributed by atoms with E-state index >= 15 is 0 Å². The summed E-state index contributed by atoms with van der Waals surface area (Å²) in [5.74, 6) is -2.82. The van der Waals surface area contributed by atoms with Gasteiger partial charge in [-0.3, -0.25) is 14.4 Å². The third-order valence-corrected chi connectivity index (χ3v) is 3.15. The molecule has 9 nitrogen and oxygen atoms in total. The van der Waals surface area contributed by atoms with E-state index in [1.807, 2.05) is 13.8 Å². The van der Waals surface area contributed by atoms with Gasteiger partial charge in [0.05, 0.1) is 13.1 Å². The molecule has 0 heterocycles. The third kappa shape index (κ3) is 9.04. The molecule has 0 spiro atoms. The molecule has 0 rings (SSSR count). The fraction of sp³-hybridized carbons (Fsp3) is 0.692. The van der Waals surface area contributed by atoms with E-state index in [0.717, 1.165) is 0 Å². The van der Waals surface area contributed by atoms with Crippen molar-refractivity contribution in [3.63, 3.8) is 0 Å². The number of rotatable bonds is 10. The van der Waals surface area contributed by atoms with Crippen molar-refractivity contribution in [3.05, 3.63) is 0 Å². The maximum Gasteiger partial charge on any atom is 0.327 e. The minimum Gasteiger partial charge on any atom is -0.480 e. The molecule has 0 bridgehead atoms. The van der Waals surface area contributed by atoms with Gasteiger partial charge in [0.25, 0.3) is 0 Å². The van der Waals surface area contributed by atoms with Gasteiger partial charge in [-0.25, -0.2) is 4.79 Å². The van der Waals surface area contributed by atoms with E-state index in [4.69, 9.17) is 10.8 Å². The zero-order valence-corrected chi connectivity index (χ0v) is 14.1. The van der Waals surface area contributed by atoms with Crippen LogP contribution in [0.4, 0.5) is 0 Å². The number of hydrogen-bond acceptors (Lipinski definition) is 6. The number of carboxylic acid groups (broad SMARTS) is 1. The first-order valence-electron chi connectivity index (χ1n) is 7.11. The molecule has 0 fully saturated rings. The lowest BCUT2D eigenvalue weighted by atomic mass is 10.0. The molecule has 0 radical (unpaired) electrons. The molecule has 0 aliphatic heterocycles. The lowest BCUT2D eigenvalue weighted by molar-refractivity contribution is -0.141. The molecule has 10 heteroatoms. The first-order valence-corrected chi connectivity index (χ1v) is 7.74. The van der Waals surface area contributed by atoms with Gasteiger partial charge in [-0.15, -0.1) is 0 Å². The summed E-state index contributed by atoms with van der Waals surface area (Å²) in [7, 11) is 0. The highest BCUT2D eigenvalue weighted by Crippen LogP contribution is 2.04. The molecule has 2 atom stereocenters. The molecule has 0 saturated heterocycles. The number of thiol groups is 1. The minimum atomic E-state index is -1.22. The third-order valence-electron chi connectivity index (χ3n) is 2.78. The van der Waals surface area contributed by atoms with Gasteiger partial charge in [0.15, 0.2) is 0 Å². The molecular formula is C13H24N4O5S. The number of nitrogens with two attached hydrogens (primary N) is 1. The van der Waals surface area contributed by atoms with Gasteiger partial charge in [-0.2, -0.15) is 12.6 Å². The van der Waals surface area contributed by atoms with Gasteiger partial charge < -0.3 is 26.8 Å². The SMILES string of the molecule is CC(C)CC(NC(=O)CN)C(=O)NCC(=O)NC(CS)C(=O)O. The second kappa shape index (κ2) is 10.8. The lowest BCUT2D eigenvalue weighted by Crippen LogP contribution is -2.52. The van der Waals surface area contributed by atoms with Crippen LogP contribution in [-0.4, -0.2) is 59.7 Å². The van der Waals surface area contributed by atoms with E-state index in [0.29, 0.717) is 6.42 Å². The van der Waals surface area contributed by atoms with Crippen LogP contribution in [-0.2, 0) is 19.2 Å². The number of aliphatic carboxylic acids is 1. The average molecular weight is 348 g/mol. The summed E-state index contributed by atoms with van der Waals surface area (Å²) in [6.45, 7) is 3.12. The lowest BCUT2D eigenvalue weighted by Gasteiger charge is -2.20. The molecular weight excluding hydrogens is 324 g/mol. The topological polar surface area (TPSA) is 151 Å². The number of carbonyl (C=O) groups is 4. The van der Waals surface area contributed by atoms with Crippen molar-refractivity contribution in [2.24, 2.45) is 11.7 Å².